The van der Waals surface area contributed by atoms with Crippen molar-refractivity contribution < 1.29 is 8.42 Å². The van der Waals surface area contributed by atoms with E-state index in [2.05, 4.69) is 14.9 Å². The first-order valence-electron chi connectivity index (χ1n) is 6.20. The Morgan fingerprint density at radius 2 is 2.00 bits per heavy atom. The van der Waals surface area contributed by atoms with E-state index in [4.69, 9.17) is 0 Å². The molecular formula is C10H24N4O2S. The van der Waals surface area contributed by atoms with Crippen LogP contribution < -0.4 is 10.0 Å². The summed E-state index contributed by atoms with van der Waals surface area (Å²) >= 11 is 0. The normalized spacial score (nSPS) is 18.8. The minimum atomic E-state index is -3.26. The maximum Gasteiger partial charge on any atom is 0.279 e. The summed E-state index contributed by atoms with van der Waals surface area (Å²) in [4.78, 5) is 2.36. The first-order chi connectivity index (χ1) is 8.06. The van der Waals surface area contributed by atoms with Gasteiger partial charge in [-0.15, -0.1) is 0 Å². The van der Waals surface area contributed by atoms with Gasteiger partial charge in [-0.25, -0.2) is 4.72 Å². The van der Waals surface area contributed by atoms with Crippen LogP contribution in [0.4, 0.5) is 0 Å². The molecule has 0 bridgehead atoms. The number of nitrogens with zero attached hydrogens (tertiary/aromatic N) is 2. The van der Waals surface area contributed by atoms with Crippen molar-refractivity contribution in [1.29, 1.82) is 0 Å². The minimum Gasteiger partial charge on any atom is -0.314 e. The van der Waals surface area contributed by atoms with Crippen molar-refractivity contribution in [3.8, 4) is 0 Å². The number of hydrogen-bond acceptors (Lipinski definition) is 4. The zero-order chi connectivity index (χ0) is 12.7. The summed E-state index contributed by atoms with van der Waals surface area (Å²) in [6.45, 7) is 7.96. The SMILES string of the molecule is CCN(C)S(=O)(=O)NCCCN1CCNCC1. The molecule has 1 saturated heterocycles. The molecule has 0 aromatic carbocycles. The lowest BCUT2D eigenvalue weighted by Crippen LogP contribution is -2.44. The van der Waals surface area contributed by atoms with Gasteiger partial charge < -0.3 is 10.2 Å². The van der Waals surface area contributed by atoms with E-state index in [1.54, 1.807) is 7.05 Å². The molecule has 0 aliphatic carbocycles. The van der Waals surface area contributed by atoms with Crippen LogP contribution in [0.1, 0.15) is 13.3 Å². The third-order valence-corrected chi connectivity index (χ3v) is 4.65. The van der Waals surface area contributed by atoms with Gasteiger partial charge in [0.2, 0.25) is 0 Å². The summed E-state index contributed by atoms with van der Waals surface area (Å²) in [5, 5.41) is 3.29. The zero-order valence-electron chi connectivity index (χ0n) is 10.8. The molecule has 0 unspecified atom stereocenters. The molecule has 0 aromatic rings. The van der Waals surface area contributed by atoms with Gasteiger partial charge in [-0.3, -0.25) is 0 Å². The molecule has 0 atom stereocenters. The fourth-order valence-corrected chi connectivity index (χ4v) is 2.68. The van der Waals surface area contributed by atoms with Crippen LogP contribution in [-0.4, -0.2) is 70.5 Å². The molecule has 2 N–H and O–H groups in total. The molecule has 7 heteroatoms. The highest BCUT2D eigenvalue weighted by Crippen LogP contribution is 1.96. The highest BCUT2D eigenvalue weighted by Gasteiger charge is 2.15. The number of piperazine rings is 1. The van der Waals surface area contributed by atoms with E-state index in [9.17, 15) is 8.42 Å². The molecule has 102 valence electrons. The zero-order valence-corrected chi connectivity index (χ0v) is 11.6. The topological polar surface area (TPSA) is 64.7 Å². The average molecular weight is 264 g/mol. The lowest BCUT2D eigenvalue weighted by Gasteiger charge is -2.27. The molecule has 1 aliphatic heterocycles. The summed E-state index contributed by atoms with van der Waals surface area (Å²) in [5.41, 5.74) is 0. The summed E-state index contributed by atoms with van der Waals surface area (Å²) in [6.07, 6.45) is 0.858. The van der Waals surface area contributed by atoms with Crippen LogP contribution in [-0.2, 0) is 10.2 Å². The molecule has 1 heterocycles. The monoisotopic (exact) mass is 264 g/mol. The lowest BCUT2D eigenvalue weighted by atomic mass is 10.3. The summed E-state index contributed by atoms with van der Waals surface area (Å²) in [5.74, 6) is 0. The lowest BCUT2D eigenvalue weighted by molar-refractivity contribution is 0.239. The second-order valence-corrected chi connectivity index (χ2v) is 6.12. The molecule has 17 heavy (non-hydrogen) atoms. The van der Waals surface area contributed by atoms with Crippen molar-refractivity contribution in [2.24, 2.45) is 0 Å². The smallest absolute Gasteiger partial charge is 0.279 e. The van der Waals surface area contributed by atoms with Crippen LogP contribution in [0.5, 0.6) is 0 Å². The van der Waals surface area contributed by atoms with Crippen molar-refractivity contribution in [2.45, 2.75) is 13.3 Å². The standard InChI is InChI=1S/C10H24N4O2S/c1-3-13(2)17(15,16)12-5-4-8-14-9-6-11-7-10-14/h11-12H,3-10H2,1-2H3. The van der Waals surface area contributed by atoms with E-state index >= 15 is 0 Å². The van der Waals surface area contributed by atoms with Crippen LogP contribution in [0.3, 0.4) is 0 Å². The van der Waals surface area contributed by atoms with Crippen molar-refractivity contribution in [1.82, 2.24) is 19.2 Å². The molecular weight excluding hydrogens is 240 g/mol. The molecule has 1 aliphatic rings. The Hall–Kier alpha value is -0.210. The van der Waals surface area contributed by atoms with Crippen molar-refractivity contribution in [3.05, 3.63) is 0 Å². The van der Waals surface area contributed by atoms with E-state index in [0.717, 1.165) is 39.1 Å². The Kier molecular flexibility index (Phi) is 6.35. The van der Waals surface area contributed by atoms with E-state index in [0.29, 0.717) is 13.1 Å². The summed E-state index contributed by atoms with van der Waals surface area (Å²) < 4.78 is 27.1. The van der Waals surface area contributed by atoms with Crippen LogP contribution >= 0.6 is 0 Å². The van der Waals surface area contributed by atoms with Crippen molar-refractivity contribution >= 4 is 10.2 Å². The van der Waals surface area contributed by atoms with Crippen LogP contribution in [0.25, 0.3) is 0 Å². The van der Waals surface area contributed by atoms with Gasteiger partial charge >= 0.3 is 0 Å². The quantitative estimate of drug-likeness (QED) is 0.583. The predicted molar refractivity (Wildman–Crippen MR) is 69.2 cm³/mol. The number of rotatable bonds is 7. The van der Waals surface area contributed by atoms with Gasteiger partial charge in [-0.1, -0.05) is 6.92 Å². The van der Waals surface area contributed by atoms with E-state index in [1.807, 2.05) is 6.92 Å². The molecule has 0 radical (unpaired) electrons. The fourth-order valence-electron chi connectivity index (χ4n) is 1.72. The van der Waals surface area contributed by atoms with Gasteiger partial charge in [0.15, 0.2) is 0 Å². The second-order valence-electron chi connectivity index (χ2n) is 4.26. The van der Waals surface area contributed by atoms with Crippen LogP contribution in [0.15, 0.2) is 0 Å². The van der Waals surface area contributed by atoms with Gasteiger partial charge in [0.25, 0.3) is 10.2 Å². The predicted octanol–water partition coefficient (Wildman–Crippen LogP) is -0.932. The number of nitrogens with one attached hydrogen (secondary N) is 2. The number of hydrogen-bond donors (Lipinski definition) is 2. The van der Waals surface area contributed by atoms with Crippen LogP contribution in [0.2, 0.25) is 0 Å². The van der Waals surface area contributed by atoms with Crippen molar-refractivity contribution in [3.63, 3.8) is 0 Å². The molecule has 1 fully saturated rings. The van der Waals surface area contributed by atoms with Gasteiger partial charge in [-0.2, -0.15) is 12.7 Å². The Bertz CT molecular complexity index is 301. The fraction of sp³-hybridized carbons (Fsp3) is 1.00. The Morgan fingerprint density at radius 1 is 1.35 bits per heavy atom. The van der Waals surface area contributed by atoms with E-state index < -0.39 is 10.2 Å². The molecule has 0 amide bonds. The van der Waals surface area contributed by atoms with Gasteiger partial charge in [0.1, 0.15) is 0 Å². The third-order valence-electron chi connectivity index (χ3n) is 3.00. The van der Waals surface area contributed by atoms with Gasteiger partial charge in [0.05, 0.1) is 0 Å². The molecule has 0 spiro atoms. The maximum atomic E-state index is 11.6. The molecule has 1 rings (SSSR count). The van der Waals surface area contributed by atoms with E-state index in [1.165, 1.54) is 4.31 Å². The third kappa shape index (κ3) is 5.31. The molecule has 0 saturated carbocycles. The first kappa shape index (κ1) is 14.8. The summed E-state index contributed by atoms with van der Waals surface area (Å²) in [7, 11) is -1.68. The highest BCUT2D eigenvalue weighted by molar-refractivity contribution is 7.87. The second kappa shape index (κ2) is 7.27. The van der Waals surface area contributed by atoms with Gasteiger partial charge in [0, 0.05) is 46.3 Å². The van der Waals surface area contributed by atoms with E-state index in [-0.39, 0.29) is 0 Å². The Morgan fingerprint density at radius 3 is 2.59 bits per heavy atom. The Balaban J connectivity index is 2.15. The minimum absolute atomic E-state index is 0.493. The van der Waals surface area contributed by atoms with Crippen molar-refractivity contribution in [2.75, 3.05) is 52.9 Å². The maximum absolute atomic E-state index is 11.6. The Labute approximate surface area is 105 Å². The average Bonchev–Trinajstić information content (AvgIpc) is 2.35. The van der Waals surface area contributed by atoms with Crippen LogP contribution in [0, 0.1) is 0 Å². The molecule has 0 aromatic heterocycles. The highest BCUT2D eigenvalue weighted by atomic mass is 32.2. The summed E-state index contributed by atoms with van der Waals surface area (Å²) in [6, 6.07) is 0. The first-order valence-corrected chi connectivity index (χ1v) is 7.64. The molecule has 6 nitrogen and oxygen atoms in total. The van der Waals surface area contributed by atoms with Gasteiger partial charge in [-0.05, 0) is 13.0 Å². The largest absolute Gasteiger partial charge is 0.314 e.